The molecule has 0 aliphatic carbocycles. The van der Waals surface area contributed by atoms with Crippen LogP contribution in [0.2, 0.25) is 0 Å². The van der Waals surface area contributed by atoms with E-state index in [2.05, 4.69) is 26.1 Å². The van der Waals surface area contributed by atoms with Crippen LogP contribution in [0.25, 0.3) is 0 Å². The van der Waals surface area contributed by atoms with Gasteiger partial charge in [-0.3, -0.25) is 0 Å². The molecule has 0 fully saturated rings. The molecule has 0 atom stereocenters. The van der Waals surface area contributed by atoms with Crippen LogP contribution in [-0.4, -0.2) is 52.7 Å². The van der Waals surface area contributed by atoms with E-state index in [0.717, 1.165) is 32.7 Å². The Morgan fingerprint density at radius 3 is 1.94 bits per heavy atom. The third-order valence-corrected chi connectivity index (χ3v) is 2.36. The first-order valence-electron chi connectivity index (χ1n) is 7.21. The minimum atomic E-state index is 0.654. The molecule has 110 valence electrons. The Kier molecular flexibility index (Phi) is 14.8. The highest BCUT2D eigenvalue weighted by molar-refractivity contribution is 4.49. The Hall–Kier alpha value is -0.160. The summed E-state index contributed by atoms with van der Waals surface area (Å²) in [5, 5.41) is 3.33. The molecule has 0 amide bonds. The van der Waals surface area contributed by atoms with E-state index in [1.54, 1.807) is 0 Å². The van der Waals surface area contributed by atoms with E-state index in [4.69, 9.17) is 14.2 Å². The molecule has 0 saturated carbocycles. The van der Waals surface area contributed by atoms with Gasteiger partial charge in [-0.05, 0) is 18.9 Å². The van der Waals surface area contributed by atoms with Gasteiger partial charge in [-0.25, -0.2) is 0 Å². The number of unbranched alkanes of at least 4 members (excludes halogenated alkanes) is 1. The fourth-order valence-electron chi connectivity index (χ4n) is 1.32. The molecule has 0 aromatic rings. The Balaban J connectivity index is 2.90. The molecular weight excluding hydrogens is 230 g/mol. The Labute approximate surface area is 112 Å². The average molecular weight is 261 g/mol. The lowest BCUT2D eigenvalue weighted by Crippen LogP contribution is -2.24. The van der Waals surface area contributed by atoms with Crippen LogP contribution >= 0.6 is 0 Å². The van der Waals surface area contributed by atoms with Crippen LogP contribution < -0.4 is 5.32 Å². The van der Waals surface area contributed by atoms with Crippen LogP contribution in [0.15, 0.2) is 0 Å². The standard InChI is InChI=1S/C14H31NO3/c1-4-5-7-16-9-11-18-12-10-17-8-6-15-13-14(2)3/h14-15H,4-13H2,1-3H3. The second-order valence-corrected chi connectivity index (χ2v) is 4.79. The number of hydrogen-bond donors (Lipinski definition) is 1. The van der Waals surface area contributed by atoms with Crippen LogP contribution in [-0.2, 0) is 14.2 Å². The number of rotatable bonds is 14. The van der Waals surface area contributed by atoms with Gasteiger partial charge in [-0.15, -0.1) is 0 Å². The largest absolute Gasteiger partial charge is 0.379 e. The van der Waals surface area contributed by atoms with Crippen molar-refractivity contribution in [2.24, 2.45) is 5.92 Å². The summed E-state index contributed by atoms with van der Waals surface area (Å²) in [6.07, 6.45) is 2.31. The maximum atomic E-state index is 5.43. The predicted octanol–water partition coefficient (Wildman–Crippen LogP) is 2.08. The zero-order chi connectivity index (χ0) is 13.5. The summed E-state index contributed by atoms with van der Waals surface area (Å²) in [5.74, 6) is 0.695. The molecule has 0 saturated heterocycles. The van der Waals surface area contributed by atoms with Crippen molar-refractivity contribution in [1.29, 1.82) is 0 Å². The second kappa shape index (κ2) is 14.9. The Morgan fingerprint density at radius 1 is 0.833 bits per heavy atom. The van der Waals surface area contributed by atoms with E-state index in [1.807, 2.05) is 0 Å². The van der Waals surface area contributed by atoms with Crippen molar-refractivity contribution in [3.05, 3.63) is 0 Å². The fourth-order valence-corrected chi connectivity index (χ4v) is 1.32. The molecule has 1 N–H and O–H groups in total. The molecule has 0 heterocycles. The highest BCUT2D eigenvalue weighted by Gasteiger charge is 1.93. The maximum absolute atomic E-state index is 5.43. The van der Waals surface area contributed by atoms with Crippen molar-refractivity contribution in [3.8, 4) is 0 Å². The van der Waals surface area contributed by atoms with Gasteiger partial charge in [-0.2, -0.15) is 0 Å². The van der Waals surface area contributed by atoms with Gasteiger partial charge < -0.3 is 19.5 Å². The summed E-state index contributed by atoms with van der Waals surface area (Å²) in [7, 11) is 0. The lowest BCUT2D eigenvalue weighted by Gasteiger charge is -2.08. The minimum absolute atomic E-state index is 0.654. The van der Waals surface area contributed by atoms with Crippen molar-refractivity contribution in [2.75, 3.05) is 52.7 Å². The van der Waals surface area contributed by atoms with E-state index in [0.29, 0.717) is 32.3 Å². The first-order chi connectivity index (χ1) is 8.77. The smallest absolute Gasteiger partial charge is 0.0701 e. The monoisotopic (exact) mass is 261 g/mol. The summed E-state index contributed by atoms with van der Waals surface area (Å²) in [6, 6.07) is 0. The molecule has 0 aromatic carbocycles. The lowest BCUT2D eigenvalue weighted by molar-refractivity contribution is 0.0146. The van der Waals surface area contributed by atoms with Gasteiger partial charge in [0.15, 0.2) is 0 Å². The molecule has 0 unspecified atom stereocenters. The van der Waals surface area contributed by atoms with E-state index < -0.39 is 0 Å². The topological polar surface area (TPSA) is 39.7 Å². The van der Waals surface area contributed by atoms with Gasteiger partial charge in [-0.1, -0.05) is 27.2 Å². The third-order valence-electron chi connectivity index (χ3n) is 2.36. The minimum Gasteiger partial charge on any atom is -0.379 e. The van der Waals surface area contributed by atoms with E-state index in [1.165, 1.54) is 6.42 Å². The van der Waals surface area contributed by atoms with Crippen LogP contribution in [0.1, 0.15) is 33.6 Å². The van der Waals surface area contributed by atoms with E-state index in [9.17, 15) is 0 Å². The van der Waals surface area contributed by atoms with E-state index >= 15 is 0 Å². The normalized spacial score (nSPS) is 11.3. The predicted molar refractivity (Wildman–Crippen MR) is 75.1 cm³/mol. The quantitative estimate of drug-likeness (QED) is 0.486. The zero-order valence-corrected chi connectivity index (χ0v) is 12.4. The van der Waals surface area contributed by atoms with Gasteiger partial charge in [0.1, 0.15) is 0 Å². The summed E-state index contributed by atoms with van der Waals surface area (Å²) in [5.41, 5.74) is 0. The molecule has 4 heteroatoms. The Bertz CT molecular complexity index is 154. The molecule has 4 nitrogen and oxygen atoms in total. The van der Waals surface area contributed by atoms with Crippen molar-refractivity contribution in [2.45, 2.75) is 33.6 Å². The van der Waals surface area contributed by atoms with Gasteiger partial charge in [0.05, 0.1) is 33.0 Å². The van der Waals surface area contributed by atoms with E-state index in [-0.39, 0.29) is 0 Å². The fraction of sp³-hybridized carbons (Fsp3) is 1.00. The van der Waals surface area contributed by atoms with Crippen molar-refractivity contribution in [3.63, 3.8) is 0 Å². The molecule has 0 aliphatic rings. The maximum Gasteiger partial charge on any atom is 0.0701 e. The number of hydrogen-bond acceptors (Lipinski definition) is 4. The van der Waals surface area contributed by atoms with Gasteiger partial charge >= 0.3 is 0 Å². The van der Waals surface area contributed by atoms with Crippen LogP contribution in [0.3, 0.4) is 0 Å². The highest BCUT2D eigenvalue weighted by atomic mass is 16.5. The van der Waals surface area contributed by atoms with Crippen molar-refractivity contribution < 1.29 is 14.2 Å². The molecule has 0 aliphatic heterocycles. The summed E-state index contributed by atoms with van der Waals surface area (Å²) < 4.78 is 16.2. The SMILES string of the molecule is CCCCOCCOCCOCCNCC(C)C. The first kappa shape index (κ1) is 17.8. The van der Waals surface area contributed by atoms with Crippen LogP contribution in [0.4, 0.5) is 0 Å². The third kappa shape index (κ3) is 15.8. The van der Waals surface area contributed by atoms with Crippen molar-refractivity contribution in [1.82, 2.24) is 5.32 Å². The van der Waals surface area contributed by atoms with Gasteiger partial charge in [0, 0.05) is 13.2 Å². The molecule has 18 heavy (non-hydrogen) atoms. The van der Waals surface area contributed by atoms with Gasteiger partial charge in [0.25, 0.3) is 0 Å². The van der Waals surface area contributed by atoms with Gasteiger partial charge in [0.2, 0.25) is 0 Å². The van der Waals surface area contributed by atoms with Crippen LogP contribution in [0, 0.1) is 5.92 Å². The molecular formula is C14H31NO3. The lowest BCUT2D eigenvalue weighted by atomic mass is 10.2. The summed E-state index contributed by atoms with van der Waals surface area (Å²) >= 11 is 0. The summed E-state index contributed by atoms with van der Waals surface area (Å²) in [6.45, 7) is 12.8. The first-order valence-corrected chi connectivity index (χ1v) is 7.21. The molecule has 0 bridgehead atoms. The van der Waals surface area contributed by atoms with Crippen molar-refractivity contribution >= 4 is 0 Å². The Morgan fingerprint density at radius 2 is 1.39 bits per heavy atom. The molecule has 0 aromatic heterocycles. The second-order valence-electron chi connectivity index (χ2n) is 4.79. The summed E-state index contributed by atoms with van der Waals surface area (Å²) in [4.78, 5) is 0. The zero-order valence-electron chi connectivity index (χ0n) is 12.4. The number of ether oxygens (including phenoxy) is 3. The number of nitrogens with one attached hydrogen (secondary N) is 1. The molecule has 0 radical (unpaired) electrons. The van der Waals surface area contributed by atoms with Crippen LogP contribution in [0.5, 0.6) is 0 Å². The molecule has 0 spiro atoms. The molecule has 0 rings (SSSR count). The average Bonchev–Trinajstić information content (AvgIpc) is 2.34. The highest BCUT2D eigenvalue weighted by Crippen LogP contribution is 1.88.